The van der Waals surface area contributed by atoms with Gasteiger partial charge >= 0.3 is 0 Å². The minimum absolute atomic E-state index is 0.139. The highest BCUT2D eigenvalue weighted by Crippen LogP contribution is 2.38. The van der Waals surface area contributed by atoms with E-state index >= 15 is 0 Å². The zero-order valence-corrected chi connectivity index (χ0v) is 12.0. The molecule has 0 aliphatic heterocycles. The maximum Gasteiger partial charge on any atom is 0.227 e. The van der Waals surface area contributed by atoms with E-state index in [1.807, 2.05) is 6.92 Å². The first kappa shape index (κ1) is 15.4. The number of methoxy groups -OCH3 is 1. The van der Waals surface area contributed by atoms with Crippen molar-refractivity contribution in [3.05, 3.63) is 0 Å². The lowest BCUT2D eigenvalue weighted by molar-refractivity contribution is -0.133. The van der Waals surface area contributed by atoms with E-state index in [0.717, 1.165) is 38.0 Å². The summed E-state index contributed by atoms with van der Waals surface area (Å²) in [5.74, 6) is 0.865. The van der Waals surface area contributed by atoms with E-state index in [0.29, 0.717) is 13.2 Å². The van der Waals surface area contributed by atoms with Crippen LogP contribution in [0.2, 0.25) is 0 Å². The molecule has 1 aliphatic carbocycles. The number of nitrogens with one attached hydrogen (secondary N) is 1. The van der Waals surface area contributed by atoms with Crippen LogP contribution >= 0.6 is 0 Å². The van der Waals surface area contributed by atoms with Crippen molar-refractivity contribution in [1.29, 1.82) is 0 Å². The molecule has 1 fully saturated rings. The summed E-state index contributed by atoms with van der Waals surface area (Å²) in [6, 6.07) is 0.153. The smallest absolute Gasteiger partial charge is 0.227 e. The number of carbonyl (C=O) groups excluding carboxylic acids is 1. The first-order valence-corrected chi connectivity index (χ1v) is 7.04. The molecule has 1 atom stereocenters. The molecule has 0 radical (unpaired) electrons. The summed E-state index contributed by atoms with van der Waals surface area (Å²) in [5, 5.41) is 3.09. The third-order valence-corrected chi connectivity index (χ3v) is 4.24. The van der Waals surface area contributed by atoms with Crippen LogP contribution in [0, 0.1) is 11.3 Å². The van der Waals surface area contributed by atoms with Gasteiger partial charge < -0.3 is 15.8 Å². The lowest BCUT2D eigenvalue weighted by Gasteiger charge is -2.37. The van der Waals surface area contributed by atoms with Crippen LogP contribution in [-0.4, -0.2) is 32.2 Å². The van der Waals surface area contributed by atoms with E-state index in [1.54, 1.807) is 7.11 Å². The monoisotopic (exact) mass is 256 g/mol. The second-order valence-electron chi connectivity index (χ2n) is 5.82. The standard InChI is InChI=1S/C14H28N2O2/c1-11-4-7-14(10-15,8-5-11)13(17)16-12(2)6-9-18-3/h11-12H,4-10,15H2,1-3H3,(H,16,17). The van der Waals surface area contributed by atoms with Crippen LogP contribution in [-0.2, 0) is 9.53 Å². The van der Waals surface area contributed by atoms with Gasteiger partial charge in [-0.15, -0.1) is 0 Å². The molecule has 0 aromatic carbocycles. The maximum absolute atomic E-state index is 12.4. The Kier molecular flexibility index (Phi) is 6.09. The van der Waals surface area contributed by atoms with E-state index in [2.05, 4.69) is 12.2 Å². The van der Waals surface area contributed by atoms with Gasteiger partial charge in [0, 0.05) is 26.3 Å². The third-order valence-electron chi connectivity index (χ3n) is 4.24. The van der Waals surface area contributed by atoms with Gasteiger partial charge in [0.05, 0.1) is 5.41 Å². The highest BCUT2D eigenvalue weighted by molar-refractivity contribution is 5.83. The van der Waals surface area contributed by atoms with Gasteiger partial charge in [-0.3, -0.25) is 4.79 Å². The van der Waals surface area contributed by atoms with Crippen LogP contribution in [0.5, 0.6) is 0 Å². The summed E-state index contributed by atoms with van der Waals surface area (Å²) in [5.41, 5.74) is 5.55. The van der Waals surface area contributed by atoms with Gasteiger partial charge in [0.15, 0.2) is 0 Å². The van der Waals surface area contributed by atoms with Gasteiger partial charge in [-0.1, -0.05) is 6.92 Å². The summed E-state index contributed by atoms with van der Waals surface area (Å²) in [4.78, 5) is 12.4. The summed E-state index contributed by atoms with van der Waals surface area (Å²) in [7, 11) is 1.68. The van der Waals surface area contributed by atoms with Gasteiger partial charge in [0.25, 0.3) is 0 Å². The van der Waals surface area contributed by atoms with E-state index in [4.69, 9.17) is 10.5 Å². The van der Waals surface area contributed by atoms with Gasteiger partial charge in [-0.25, -0.2) is 0 Å². The Bertz CT molecular complexity index is 261. The maximum atomic E-state index is 12.4. The van der Waals surface area contributed by atoms with Crippen molar-refractivity contribution in [3.8, 4) is 0 Å². The average molecular weight is 256 g/mol. The van der Waals surface area contributed by atoms with Crippen LogP contribution in [0.1, 0.15) is 46.0 Å². The minimum atomic E-state index is -0.326. The first-order valence-electron chi connectivity index (χ1n) is 7.04. The molecule has 0 heterocycles. The second kappa shape index (κ2) is 7.10. The molecule has 1 amide bonds. The molecule has 0 aromatic heterocycles. The molecule has 0 saturated heterocycles. The van der Waals surface area contributed by atoms with Crippen molar-refractivity contribution in [2.24, 2.45) is 17.1 Å². The lowest BCUT2D eigenvalue weighted by atomic mass is 9.70. The van der Waals surface area contributed by atoms with E-state index in [-0.39, 0.29) is 17.4 Å². The van der Waals surface area contributed by atoms with E-state index in [1.165, 1.54) is 0 Å². The Morgan fingerprint density at radius 3 is 2.61 bits per heavy atom. The van der Waals surface area contributed by atoms with E-state index in [9.17, 15) is 4.79 Å². The summed E-state index contributed by atoms with van der Waals surface area (Å²) in [6.07, 6.45) is 4.91. The molecule has 1 unspecified atom stereocenters. The molecule has 0 bridgehead atoms. The predicted molar refractivity (Wildman–Crippen MR) is 73.2 cm³/mol. The molecule has 1 rings (SSSR count). The van der Waals surface area contributed by atoms with Crippen LogP contribution in [0.15, 0.2) is 0 Å². The Balaban J connectivity index is 2.51. The van der Waals surface area contributed by atoms with Gasteiger partial charge in [-0.2, -0.15) is 0 Å². The fraction of sp³-hybridized carbons (Fsp3) is 0.929. The fourth-order valence-corrected chi connectivity index (χ4v) is 2.58. The number of amides is 1. The molecule has 1 aliphatic rings. The number of nitrogens with two attached hydrogens (primary N) is 1. The predicted octanol–water partition coefficient (Wildman–Crippen LogP) is 1.68. The molecular weight excluding hydrogens is 228 g/mol. The second-order valence-corrected chi connectivity index (χ2v) is 5.82. The van der Waals surface area contributed by atoms with Crippen molar-refractivity contribution in [1.82, 2.24) is 5.32 Å². The Hall–Kier alpha value is -0.610. The summed E-state index contributed by atoms with van der Waals surface area (Å²) in [6.45, 7) is 5.41. The summed E-state index contributed by atoms with van der Waals surface area (Å²) >= 11 is 0. The number of rotatable bonds is 6. The van der Waals surface area contributed by atoms with Crippen molar-refractivity contribution in [2.75, 3.05) is 20.3 Å². The topological polar surface area (TPSA) is 64.3 Å². The van der Waals surface area contributed by atoms with Crippen LogP contribution in [0.3, 0.4) is 0 Å². The van der Waals surface area contributed by atoms with Gasteiger partial charge in [0.1, 0.15) is 0 Å². The molecule has 4 nitrogen and oxygen atoms in total. The average Bonchev–Trinajstić information content (AvgIpc) is 2.37. The zero-order chi connectivity index (χ0) is 13.6. The molecule has 4 heteroatoms. The van der Waals surface area contributed by atoms with Crippen LogP contribution in [0.25, 0.3) is 0 Å². The molecule has 0 aromatic rings. The van der Waals surface area contributed by atoms with Gasteiger partial charge in [-0.05, 0) is 44.9 Å². The molecule has 106 valence electrons. The minimum Gasteiger partial charge on any atom is -0.385 e. The Morgan fingerprint density at radius 1 is 1.50 bits per heavy atom. The molecule has 18 heavy (non-hydrogen) atoms. The highest BCUT2D eigenvalue weighted by atomic mass is 16.5. The number of hydrogen-bond donors (Lipinski definition) is 2. The van der Waals surface area contributed by atoms with Crippen molar-refractivity contribution in [3.63, 3.8) is 0 Å². The van der Waals surface area contributed by atoms with Crippen LogP contribution < -0.4 is 11.1 Å². The van der Waals surface area contributed by atoms with Crippen molar-refractivity contribution in [2.45, 2.75) is 52.0 Å². The Labute approximate surface area is 111 Å². The number of carbonyl (C=O) groups is 1. The largest absolute Gasteiger partial charge is 0.385 e. The zero-order valence-electron chi connectivity index (χ0n) is 12.0. The molecule has 0 spiro atoms. The van der Waals surface area contributed by atoms with Crippen molar-refractivity contribution < 1.29 is 9.53 Å². The Morgan fingerprint density at radius 2 is 2.11 bits per heavy atom. The van der Waals surface area contributed by atoms with Crippen molar-refractivity contribution >= 4 is 5.91 Å². The first-order chi connectivity index (χ1) is 8.54. The third kappa shape index (κ3) is 3.95. The molecule has 1 saturated carbocycles. The summed E-state index contributed by atoms with van der Waals surface area (Å²) < 4.78 is 5.03. The quantitative estimate of drug-likeness (QED) is 0.760. The molecular formula is C14H28N2O2. The lowest BCUT2D eigenvalue weighted by Crippen LogP contribution is -2.50. The van der Waals surface area contributed by atoms with Crippen LogP contribution in [0.4, 0.5) is 0 Å². The number of hydrogen-bond acceptors (Lipinski definition) is 3. The fourth-order valence-electron chi connectivity index (χ4n) is 2.58. The molecule has 3 N–H and O–H groups in total. The normalized spacial score (nSPS) is 29.9. The van der Waals surface area contributed by atoms with E-state index < -0.39 is 0 Å². The number of ether oxygens (including phenoxy) is 1. The highest BCUT2D eigenvalue weighted by Gasteiger charge is 2.40. The SMILES string of the molecule is COCCC(C)NC(=O)C1(CN)CCC(C)CC1. The van der Waals surface area contributed by atoms with Gasteiger partial charge in [0.2, 0.25) is 5.91 Å².